The summed E-state index contributed by atoms with van der Waals surface area (Å²) in [5.74, 6) is -0.259. The molecule has 3 rings (SSSR count). The molecule has 0 atom stereocenters. The molecule has 3 heterocycles. The van der Waals surface area contributed by atoms with Crippen molar-refractivity contribution in [2.45, 2.75) is 37.1 Å². The summed E-state index contributed by atoms with van der Waals surface area (Å²) in [5.41, 5.74) is 0.595. The molecule has 10 heteroatoms. The number of thiazole rings is 1. The van der Waals surface area contributed by atoms with E-state index in [-0.39, 0.29) is 27.0 Å². The van der Waals surface area contributed by atoms with E-state index in [1.807, 2.05) is 20.8 Å². The quantitative estimate of drug-likeness (QED) is 0.663. The number of halogens is 2. The predicted molar refractivity (Wildman–Crippen MR) is 94.7 cm³/mol. The van der Waals surface area contributed by atoms with Crippen LogP contribution in [0.3, 0.4) is 0 Å². The highest BCUT2D eigenvalue weighted by Gasteiger charge is 2.26. The lowest BCUT2D eigenvalue weighted by atomic mass is 9.98. The van der Waals surface area contributed by atoms with Gasteiger partial charge in [-0.05, 0) is 6.07 Å². The molecule has 0 N–H and O–H groups in total. The Bertz CT molecular complexity index is 1020. The van der Waals surface area contributed by atoms with Gasteiger partial charge in [0.25, 0.3) is 5.16 Å². The van der Waals surface area contributed by atoms with Crippen LogP contribution >= 0.6 is 34.5 Å². The molecule has 0 unspecified atom stereocenters. The number of sulfone groups is 1. The summed E-state index contributed by atoms with van der Waals surface area (Å²) in [5, 5.41) is 10.6. The Morgan fingerprint density at radius 2 is 1.96 bits per heavy atom. The van der Waals surface area contributed by atoms with Crippen LogP contribution in [0.4, 0.5) is 0 Å². The number of pyridine rings is 1. The van der Waals surface area contributed by atoms with Crippen LogP contribution in [0.5, 0.6) is 0 Å². The molecule has 0 aromatic carbocycles. The van der Waals surface area contributed by atoms with Crippen LogP contribution in [-0.4, -0.2) is 28.0 Å². The molecule has 0 saturated heterocycles. The molecular formula is C14H14Cl2N4O2S2. The second-order valence-corrected chi connectivity index (χ2v) is 9.92. The van der Waals surface area contributed by atoms with Gasteiger partial charge in [0.1, 0.15) is 5.75 Å². The van der Waals surface area contributed by atoms with Gasteiger partial charge in [-0.15, -0.1) is 21.5 Å². The molecule has 0 aliphatic carbocycles. The monoisotopic (exact) mass is 404 g/mol. The van der Waals surface area contributed by atoms with E-state index >= 15 is 0 Å². The number of hydrogen-bond acceptors (Lipinski definition) is 6. The van der Waals surface area contributed by atoms with Crippen molar-refractivity contribution < 1.29 is 8.42 Å². The Labute approximate surface area is 153 Å². The zero-order valence-electron chi connectivity index (χ0n) is 13.1. The first-order chi connectivity index (χ1) is 11.1. The minimum absolute atomic E-state index is 0.130. The lowest BCUT2D eigenvalue weighted by Crippen LogP contribution is -2.12. The second kappa shape index (κ2) is 5.94. The zero-order chi connectivity index (χ0) is 17.7. The molecule has 0 spiro atoms. The van der Waals surface area contributed by atoms with Crippen molar-refractivity contribution in [2.75, 3.05) is 0 Å². The van der Waals surface area contributed by atoms with Gasteiger partial charge < -0.3 is 0 Å². The van der Waals surface area contributed by atoms with E-state index in [2.05, 4.69) is 15.2 Å². The predicted octanol–water partition coefficient (Wildman–Crippen LogP) is 3.76. The highest BCUT2D eigenvalue weighted by molar-refractivity contribution is 7.90. The SMILES string of the molecule is CC(C)(C)c1nc(CS(=O)(=O)c2nnc3c(Cl)cc(Cl)cn23)cs1. The first-order valence-electron chi connectivity index (χ1n) is 6.95. The van der Waals surface area contributed by atoms with Gasteiger partial charge in [-0.2, -0.15) is 0 Å². The molecule has 0 aliphatic rings. The summed E-state index contributed by atoms with van der Waals surface area (Å²) in [7, 11) is -3.75. The molecule has 0 aliphatic heterocycles. The average molecular weight is 405 g/mol. The third kappa shape index (κ3) is 3.28. The summed E-state index contributed by atoms with van der Waals surface area (Å²) in [4.78, 5) is 4.42. The van der Waals surface area contributed by atoms with Crippen molar-refractivity contribution in [3.05, 3.63) is 38.4 Å². The van der Waals surface area contributed by atoms with Crippen molar-refractivity contribution in [1.29, 1.82) is 0 Å². The number of aromatic nitrogens is 4. The van der Waals surface area contributed by atoms with Crippen molar-refractivity contribution in [3.8, 4) is 0 Å². The molecule has 3 aromatic rings. The van der Waals surface area contributed by atoms with E-state index in [4.69, 9.17) is 23.2 Å². The Morgan fingerprint density at radius 1 is 1.25 bits per heavy atom. The van der Waals surface area contributed by atoms with Crippen LogP contribution in [-0.2, 0) is 21.0 Å². The molecule has 3 aromatic heterocycles. The molecule has 6 nitrogen and oxygen atoms in total. The minimum Gasteiger partial charge on any atom is -0.271 e. The van der Waals surface area contributed by atoms with Gasteiger partial charge in [-0.3, -0.25) is 4.40 Å². The lowest BCUT2D eigenvalue weighted by Gasteiger charge is -2.13. The highest BCUT2D eigenvalue weighted by atomic mass is 35.5. The fourth-order valence-corrected chi connectivity index (χ4v) is 4.88. The fraction of sp³-hybridized carbons (Fsp3) is 0.357. The largest absolute Gasteiger partial charge is 0.271 e. The first-order valence-corrected chi connectivity index (χ1v) is 10.2. The molecule has 0 bridgehead atoms. The second-order valence-electron chi connectivity index (χ2n) is 6.34. The van der Waals surface area contributed by atoms with Gasteiger partial charge in [-0.1, -0.05) is 44.0 Å². The highest BCUT2D eigenvalue weighted by Crippen LogP contribution is 2.28. The number of nitrogens with zero attached hydrogens (tertiary/aromatic N) is 4. The fourth-order valence-electron chi connectivity index (χ4n) is 2.09. The standard InChI is InChI=1S/C14H14Cl2N4O2S2/c1-14(2,3)12-17-9(6-23-12)7-24(21,22)13-19-18-11-10(16)4-8(15)5-20(11)13/h4-6H,7H2,1-3H3. The summed E-state index contributed by atoms with van der Waals surface area (Å²) in [6.45, 7) is 6.08. The number of hydrogen-bond donors (Lipinski definition) is 0. The van der Waals surface area contributed by atoms with Crippen molar-refractivity contribution in [1.82, 2.24) is 19.6 Å². The number of rotatable bonds is 3. The molecule has 0 amide bonds. The Balaban J connectivity index is 2.01. The van der Waals surface area contributed by atoms with E-state index in [1.54, 1.807) is 5.38 Å². The Morgan fingerprint density at radius 3 is 2.58 bits per heavy atom. The van der Waals surface area contributed by atoms with Crippen LogP contribution < -0.4 is 0 Å². The van der Waals surface area contributed by atoms with Gasteiger partial charge in [0, 0.05) is 17.0 Å². The van der Waals surface area contributed by atoms with Crippen LogP contribution in [0.25, 0.3) is 5.65 Å². The maximum absolute atomic E-state index is 12.7. The smallest absolute Gasteiger partial charge is 0.254 e. The summed E-state index contributed by atoms with van der Waals surface area (Å²) in [6, 6.07) is 1.49. The molecule has 24 heavy (non-hydrogen) atoms. The van der Waals surface area contributed by atoms with E-state index in [0.717, 1.165) is 5.01 Å². The Hall–Kier alpha value is -1.22. The average Bonchev–Trinajstić information content (AvgIpc) is 3.04. The molecule has 0 saturated carbocycles. The third-order valence-corrected chi connectivity index (χ3v) is 6.52. The van der Waals surface area contributed by atoms with Crippen molar-refractivity contribution in [3.63, 3.8) is 0 Å². The van der Waals surface area contributed by atoms with Crippen molar-refractivity contribution in [2.24, 2.45) is 0 Å². The van der Waals surface area contributed by atoms with E-state index in [1.165, 1.54) is 28.0 Å². The zero-order valence-corrected chi connectivity index (χ0v) is 16.3. The van der Waals surface area contributed by atoms with Gasteiger partial charge in [0.05, 0.1) is 20.7 Å². The van der Waals surface area contributed by atoms with Crippen LogP contribution in [0.1, 0.15) is 31.5 Å². The van der Waals surface area contributed by atoms with E-state index in [9.17, 15) is 8.42 Å². The van der Waals surface area contributed by atoms with Crippen LogP contribution in [0.2, 0.25) is 10.0 Å². The normalized spacial score (nSPS) is 12.9. The number of fused-ring (bicyclic) bond motifs is 1. The Kier molecular flexibility index (Phi) is 4.36. The maximum atomic E-state index is 12.7. The van der Waals surface area contributed by atoms with Crippen molar-refractivity contribution >= 4 is 50.0 Å². The summed E-state index contributed by atoms with van der Waals surface area (Å²) in [6.07, 6.45) is 1.43. The van der Waals surface area contributed by atoms with Crippen LogP contribution in [0.15, 0.2) is 22.8 Å². The first kappa shape index (κ1) is 17.6. The molecule has 0 fully saturated rings. The lowest BCUT2D eigenvalue weighted by molar-refractivity contribution is 0.577. The van der Waals surface area contributed by atoms with Gasteiger partial charge >= 0.3 is 0 Å². The van der Waals surface area contributed by atoms with Gasteiger partial charge in [0.15, 0.2) is 5.65 Å². The van der Waals surface area contributed by atoms with Gasteiger partial charge in [0.2, 0.25) is 9.84 Å². The van der Waals surface area contributed by atoms with Gasteiger partial charge in [-0.25, -0.2) is 13.4 Å². The topological polar surface area (TPSA) is 77.2 Å². The molecule has 0 radical (unpaired) electrons. The minimum atomic E-state index is -3.75. The summed E-state index contributed by atoms with van der Waals surface area (Å²) < 4.78 is 26.7. The maximum Gasteiger partial charge on any atom is 0.254 e. The molecular weight excluding hydrogens is 391 g/mol. The summed E-state index contributed by atoms with van der Waals surface area (Å²) >= 11 is 13.4. The van der Waals surface area contributed by atoms with E-state index in [0.29, 0.717) is 10.7 Å². The van der Waals surface area contributed by atoms with E-state index < -0.39 is 9.84 Å². The van der Waals surface area contributed by atoms with Crippen LogP contribution in [0, 0.1) is 0 Å². The third-order valence-electron chi connectivity index (χ3n) is 3.20. The molecule has 128 valence electrons.